The molecule has 1 aromatic rings. The van der Waals surface area contributed by atoms with Crippen LogP contribution in [0.1, 0.15) is 40.8 Å². The van der Waals surface area contributed by atoms with Crippen molar-refractivity contribution in [3.63, 3.8) is 0 Å². The summed E-state index contributed by atoms with van der Waals surface area (Å²) in [6.45, 7) is 13.5. The number of rotatable bonds is 3. The predicted molar refractivity (Wildman–Crippen MR) is 115 cm³/mol. The zero-order valence-corrected chi connectivity index (χ0v) is 20.4. The Bertz CT molecular complexity index is 935. The molecule has 8 nitrogen and oxygen atoms in total. The van der Waals surface area contributed by atoms with E-state index in [0.29, 0.717) is 0 Å². The SMILES string of the molecule is CC1(C)[C@]2(O)[C@H](n3cc(I)c(=O)[nH]c3=O)O[C@H](C(O)[Si](C)(C)C(C)(C)C)[C@]12O. The fourth-order valence-electron chi connectivity index (χ4n) is 4.33. The molecule has 5 atom stereocenters. The molecular weight excluding hydrogens is 495 g/mol. The highest BCUT2D eigenvalue weighted by atomic mass is 127. The van der Waals surface area contributed by atoms with Gasteiger partial charge in [-0.25, -0.2) is 4.79 Å². The number of aromatic nitrogens is 2. The first-order valence-corrected chi connectivity index (χ1v) is 13.4. The highest BCUT2D eigenvalue weighted by molar-refractivity contribution is 14.1. The third kappa shape index (κ3) is 2.41. The van der Waals surface area contributed by atoms with E-state index in [0.717, 1.165) is 4.57 Å². The van der Waals surface area contributed by atoms with Crippen LogP contribution in [0, 0.1) is 8.99 Å². The molecule has 1 aliphatic carbocycles. The lowest BCUT2D eigenvalue weighted by Crippen LogP contribution is -2.59. The number of fused-ring (bicyclic) bond motifs is 1. The summed E-state index contributed by atoms with van der Waals surface area (Å²) in [4.78, 5) is 26.3. The van der Waals surface area contributed by atoms with Crippen LogP contribution in [-0.4, -0.2) is 56.0 Å². The Morgan fingerprint density at radius 3 is 2.29 bits per heavy atom. The third-order valence-electron chi connectivity index (χ3n) is 7.61. The number of hydrogen-bond donors (Lipinski definition) is 4. The molecule has 2 fully saturated rings. The standard InChI is InChI=1S/C18H29IN2O6Si/c1-15(2,3)28(6,7)12(23)10-17(25)16(4,5)18(17,26)13(27-10)21-8-9(19)11(22)20-14(21)24/h8,10,12-13,23,25-26H,1-7H3,(H,20,22,24)/t10-,12?,13-,17+,18-/m1/s1. The number of aromatic amines is 1. The molecule has 2 heterocycles. The van der Waals surface area contributed by atoms with Gasteiger partial charge in [-0.2, -0.15) is 0 Å². The van der Waals surface area contributed by atoms with Gasteiger partial charge in [0.15, 0.2) is 6.23 Å². The number of aliphatic hydroxyl groups is 3. The third-order valence-corrected chi connectivity index (χ3v) is 14.0. The molecule has 0 radical (unpaired) electrons. The van der Waals surface area contributed by atoms with Crippen molar-refractivity contribution < 1.29 is 20.1 Å². The molecule has 0 bridgehead atoms. The van der Waals surface area contributed by atoms with E-state index < -0.39 is 54.0 Å². The van der Waals surface area contributed by atoms with Gasteiger partial charge in [0, 0.05) is 11.6 Å². The van der Waals surface area contributed by atoms with E-state index in [1.165, 1.54) is 6.20 Å². The summed E-state index contributed by atoms with van der Waals surface area (Å²) in [5, 5.41) is 34.0. The molecule has 1 aliphatic heterocycles. The van der Waals surface area contributed by atoms with Gasteiger partial charge in [-0.05, 0) is 27.6 Å². The zero-order chi connectivity index (χ0) is 21.7. The fraction of sp³-hybridized carbons (Fsp3) is 0.778. The number of H-pyrrole nitrogens is 1. The predicted octanol–water partition coefficient (Wildman–Crippen LogP) is 0.949. The minimum absolute atomic E-state index is 0.189. The van der Waals surface area contributed by atoms with E-state index in [1.807, 2.05) is 33.9 Å². The molecule has 158 valence electrons. The zero-order valence-electron chi connectivity index (χ0n) is 17.2. The second kappa shape index (κ2) is 6.00. The Morgan fingerprint density at radius 1 is 1.25 bits per heavy atom. The monoisotopic (exact) mass is 524 g/mol. The van der Waals surface area contributed by atoms with Crippen LogP contribution in [0.2, 0.25) is 18.1 Å². The number of nitrogens with one attached hydrogen (secondary N) is 1. The maximum Gasteiger partial charge on any atom is 0.330 e. The average Bonchev–Trinajstić information content (AvgIpc) is 2.78. The number of ether oxygens (including phenoxy) is 1. The van der Waals surface area contributed by atoms with Gasteiger partial charge in [-0.3, -0.25) is 14.3 Å². The molecule has 1 aromatic heterocycles. The van der Waals surface area contributed by atoms with Crippen LogP contribution in [0.25, 0.3) is 0 Å². The first-order chi connectivity index (χ1) is 12.5. The van der Waals surface area contributed by atoms with Gasteiger partial charge in [0.25, 0.3) is 5.56 Å². The molecule has 0 aromatic carbocycles. The largest absolute Gasteiger partial charge is 0.394 e. The van der Waals surface area contributed by atoms with Crippen LogP contribution in [0.5, 0.6) is 0 Å². The summed E-state index contributed by atoms with van der Waals surface area (Å²) in [6, 6.07) is 0. The Labute approximate surface area is 178 Å². The summed E-state index contributed by atoms with van der Waals surface area (Å²) < 4.78 is 7.34. The van der Waals surface area contributed by atoms with Crippen LogP contribution in [0.3, 0.4) is 0 Å². The molecular formula is C18H29IN2O6Si. The normalized spacial score (nSPS) is 35.5. The van der Waals surface area contributed by atoms with Crippen LogP contribution >= 0.6 is 22.6 Å². The van der Waals surface area contributed by atoms with Gasteiger partial charge >= 0.3 is 5.69 Å². The Morgan fingerprint density at radius 2 is 1.79 bits per heavy atom. The Kier molecular flexibility index (Phi) is 4.75. The molecule has 3 rings (SSSR count). The minimum Gasteiger partial charge on any atom is -0.394 e. The molecule has 2 aliphatic rings. The molecule has 28 heavy (non-hydrogen) atoms. The molecule has 4 N–H and O–H groups in total. The Hall–Kier alpha value is -0.533. The van der Waals surface area contributed by atoms with Crippen molar-refractivity contribution in [1.82, 2.24) is 9.55 Å². The van der Waals surface area contributed by atoms with Crippen molar-refractivity contribution in [2.24, 2.45) is 5.41 Å². The van der Waals surface area contributed by atoms with Gasteiger partial charge < -0.3 is 20.1 Å². The Balaban J connectivity index is 2.13. The highest BCUT2D eigenvalue weighted by Gasteiger charge is 2.93. The second-order valence-electron chi connectivity index (χ2n) is 10.1. The number of nitrogens with zero attached hydrogens (tertiary/aromatic N) is 1. The van der Waals surface area contributed by atoms with Crippen molar-refractivity contribution in [1.29, 1.82) is 0 Å². The van der Waals surface area contributed by atoms with Gasteiger partial charge in [-0.15, -0.1) is 0 Å². The summed E-state index contributed by atoms with van der Waals surface area (Å²) in [5.41, 5.74) is -6.77. The van der Waals surface area contributed by atoms with E-state index >= 15 is 0 Å². The minimum atomic E-state index is -2.38. The second-order valence-corrected chi connectivity index (χ2v) is 16.8. The fourth-order valence-corrected chi connectivity index (χ4v) is 6.73. The van der Waals surface area contributed by atoms with E-state index in [4.69, 9.17) is 4.74 Å². The van der Waals surface area contributed by atoms with Crippen molar-refractivity contribution in [2.75, 3.05) is 0 Å². The summed E-state index contributed by atoms with van der Waals surface area (Å²) in [7, 11) is -2.38. The van der Waals surface area contributed by atoms with E-state index in [1.54, 1.807) is 36.4 Å². The van der Waals surface area contributed by atoms with Gasteiger partial charge in [0.2, 0.25) is 0 Å². The van der Waals surface area contributed by atoms with Crippen molar-refractivity contribution in [2.45, 2.75) is 82.0 Å². The van der Waals surface area contributed by atoms with Crippen LogP contribution < -0.4 is 11.2 Å². The lowest BCUT2D eigenvalue weighted by atomic mass is 10.0. The van der Waals surface area contributed by atoms with Gasteiger partial charge in [-0.1, -0.05) is 47.7 Å². The summed E-state index contributed by atoms with van der Waals surface area (Å²) in [6.07, 6.45) is -0.982. The lowest BCUT2D eigenvalue weighted by Gasteiger charge is -2.44. The molecule has 1 unspecified atom stereocenters. The first kappa shape index (κ1) is 22.2. The lowest BCUT2D eigenvalue weighted by molar-refractivity contribution is -0.136. The number of aliphatic hydroxyl groups excluding tert-OH is 1. The average molecular weight is 524 g/mol. The quantitative estimate of drug-likeness (QED) is 0.345. The summed E-state index contributed by atoms with van der Waals surface area (Å²) >= 11 is 1.79. The number of hydrogen-bond acceptors (Lipinski definition) is 6. The van der Waals surface area contributed by atoms with Gasteiger partial charge in [0.1, 0.15) is 17.3 Å². The van der Waals surface area contributed by atoms with Crippen molar-refractivity contribution >= 4 is 30.7 Å². The summed E-state index contributed by atoms with van der Waals surface area (Å²) in [5.74, 6) is 0. The van der Waals surface area contributed by atoms with Crippen molar-refractivity contribution in [3.8, 4) is 0 Å². The van der Waals surface area contributed by atoms with E-state index in [-0.39, 0.29) is 8.61 Å². The molecule has 0 spiro atoms. The molecule has 1 saturated heterocycles. The topological polar surface area (TPSA) is 125 Å². The van der Waals surface area contributed by atoms with Crippen LogP contribution in [-0.2, 0) is 4.74 Å². The van der Waals surface area contributed by atoms with Crippen molar-refractivity contribution in [3.05, 3.63) is 30.6 Å². The highest BCUT2D eigenvalue weighted by Crippen LogP contribution is 2.76. The number of halogens is 1. The van der Waals surface area contributed by atoms with E-state index in [2.05, 4.69) is 4.98 Å². The van der Waals surface area contributed by atoms with Crippen LogP contribution in [0.15, 0.2) is 15.8 Å². The van der Waals surface area contributed by atoms with Gasteiger partial charge in [0.05, 0.1) is 17.4 Å². The maximum absolute atomic E-state index is 12.4. The van der Waals surface area contributed by atoms with Crippen LogP contribution in [0.4, 0.5) is 0 Å². The molecule has 0 amide bonds. The smallest absolute Gasteiger partial charge is 0.330 e. The molecule has 1 saturated carbocycles. The first-order valence-electron chi connectivity index (χ1n) is 9.25. The maximum atomic E-state index is 12.4. The van der Waals surface area contributed by atoms with E-state index in [9.17, 15) is 24.9 Å². The molecule has 10 heteroatoms.